The quantitative estimate of drug-likeness (QED) is 0.174. The van der Waals surface area contributed by atoms with Crippen LogP contribution in [0.1, 0.15) is 62.6 Å². The highest BCUT2D eigenvalue weighted by Crippen LogP contribution is 2.39. The highest BCUT2D eigenvalue weighted by Gasteiger charge is 2.22. The third-order valence-corrected chi connectivity index (χ3v) is 6.71. The molecule has 0 aliphatic rings. The molecule has 208 valence electrons. The second kappa shape index (κ2) is 15.1. The average Bonchev–Trinajstić information content (AvgIpc) is 2.91. The van der Waals surface area contributed by atoms with Crippen molar-refractivity contribution in [2.24, 2.45) is 0 Å². The topological polar surface area (TPSA) is 50.7 Å². The van der Waals surface area contributed by atoms with Gasteiger partial charge in [0.1, 0.15) is 6.61 Å². The number of benzene rings is 3. The van der Waals surface area contributed by atoms with Gasteiger partial charge in [-0.05, 0) is 68.6 Å². The maximum atomic E-state index is 16.0. The van der Waals surface area contributed by atoms with E-state index in [4.69, 9.17) is 21.1 Å². The Bertz CT molecular complexity index is 1260. The molecule has 3 rings (SSSR count). The first-order valence-corrected chi connectivity index (χ1v) is 13.8. The fourth-order valence-electron chi connectivity index (χ4n) is 4.26. The summed E-state index contributed by atoms with van der Waals surface area (Å²) >= 11 is 6.72. The molecule has 0 saturated carbocycles. The summed E-state index contributed by atoms with van der Waals surface area (Å²) < 4.78 is 26.8. The van der Waals surface area contributed by atoms with Crippen LogP contribution in [0.2, 0.25) is 5.02 Å². The van der Waals surface area contributed by atoms with E-state index in [0.29, 0.717) is 54.3 Å². The Morgan fingerprint density at radius 3 is 2.51 bits per heavy atom. The molecule has 6 heteroatoms. The van der Waals surface area contributed by atoms with Crippen LogP contribution in [0.4, 0.5) is 4.39 Å². The lowest BCUT2D eigenvalue weighted by molar-refractivity contribution is 0.0712. The molecule has 0 bridgehead atoms. The van der Waals surface area contributed by atoms with E-state index < -0.39 is 11.4 Å². The van der Waals surface area contributed by atoms with E-state index in [2.05, 4.69) is 36.2 Å². The molecule has 0 amide bonds. The molecule has 3 aromatic carbocycles. The Morgan fingerprint density at radius 1 is 1.05 bits per heavy atom. The molecule has 0 radical (unpaired) electrons. The van der Waals surface area contributed by atoms with Gasteiger partial charge in [0.05, 0.1) is 12.2 Å². The largest absolute Gasteiger partial charge is 0.488 e. The summed E-state index contributed by atoms with van der Waals surface area (Å²) in [5, 5.41) is 14.0. The molecule has 0 fully saturated rings. The zero-order valence-corrected chi connectivity index (χ0v) is 24.1. The molecule has 0 heterocycles. The lowest BCUT2D eigenvalue weighted by atomic mass is 9.88. The molecule has 1 atom stereocenters. The third kappa shape index (κ3) is 9.08. The molecule has 0 aromatic heterocycles. The Balaban J connectivity index is 2.07. The molecule has 0 saturated heterocycles. The van der Waals surface area contributed by atoms with Crippen LogP contribution in [-0.2, 0) is 4.74 Å². The van der Waals surface area contributed by atoms with Gasteiger partial charge in [-0.1, -0.05) is 66.8 Å². The molecule has 3 aromatic rings. The van der Waals surface area contributed by atoms with Gasteiger partial charge in [0.15, 0.2) is 11.6 Å². The van der Waals surface area contributed by atoms with Crippen LogP contribution in [-0.4, -0.2) is 44.1 Å². The summed E-state index contributed by atoms with van der Waals surface area (Å²) in [6, 6.07) is 19.4. The predicted octanol–water partition coefficient (Wildman–Crippen LogP) is 7.21. The minimum atomic E-state index is -0.744. The average molecular weight is 552 g/mol. The number of methoxy groups -OCH3 is 1. The Morgan fingerprint density at radius 2 is 1.82 bits per heavy atom. The van der Waals surface area contributed by atoms with Crippen molar-refractivity contribution in [2.45, 2.75) is 51.6 Å². The van der Waals surface area contributed by atoms with Crippen LogP contribution in [0.25, 0.3) is 11.1 Å². The standard InChI is InChI=1S/C33H39ClFNO3/c1-5-6-8-13-25-15-17-30(39-21-20-38-4)32(35)31(25)27-22-26(14-16-29(27)34)28(24-11-9-7-10-12-24)23-36-19-18-33(2,3)37/h7,9-12,14-17,22,28,36-37H,5-6,18-21,23H2,1-4H3. The van der Waals surface area contributed by atoms with Gasteiger partial charge >= 0.3 is 0 Å². The van der Waals surface area contributed by atoms with Crippen LogP contribution in [0.3, 0.4) is 0 Å². The summed E-state index contributed by atoms with van der Waals surface area (Å²) in [6.45, 7) is 7.56. The molecule has 4 nitrogen and oxygen atoms in total. The van der Waals surface area contributed by atoms with Crippen molar-refractivity contribution in [3.05, 3.63) is 88.2 Å². The first-order chi connectivity index (χ1) is 18.7. The molecular formula is C33H39ClFNO3. The fraction of sp³-hybridized carbons (Fsp3) is 0.394. The maximum Gasteiger partial charge on any atom is 0.174 e. The van der Waals surface area contributed by atoms with Crippen LogP contribution in [0, 0.1) is 17.7 Å². The zero-order chi connectivity index (χ0) is 28.3. The molecule has 1 unspecified atom stereocenters. The summed E-state index contributed by atoms with van der Waals surface area (Å²) in [6.07, 6.45) is 2.26. The number of aliphatic hydroxyl groups is 1. The van der Waals surface area contributed by atoms with Crippen LogP contribution in [0.15, 0.2) is 60.7 Å². The zero-order valence-electron chi connectivity index (χ0n) is 23.3. The van der Waals surface area contributed by atoms with Crippen molar-refractivity contribution in [2.75, 3.05) is 33.4 Å². The minimum absolute atomic E-state index is 0.0113. The SMILES string of the molecule is CCCC#Cc1ccc(OCCOC)c(F)c1-c1cc(C(CNCCC(C)(C)O)c2ccccc2)ccc1Cl. The molecule has 2 N–H and O–H groups in total. The highest BCUT2D eigenvalue weighted by molar-refractivity contribution is 6.33. The van der Waals surface area contributed by atoms with Crippen molar-refractivity contribution < 1.29 is 19.0 Å². The van der Waals surface area contributed by atoms with E-state index in [1.807, 2.05) is 36.4 Å². The third-order valence-electron chi connectivity index (χ3n) is 6.38. The fourth-order valence-corrected chi connectivity index (χ4v) is 4.47. The number of halogens is 2. The normalized spacial score (nSPS) is 12.1. The van der Waals surface area contributed by atoms with Gasteiger partial charge < -0.3 is 19.9 Å². The van der Waals surface area contributed by atoms with Gasteiger partial charge in [-0.15, -0.1) is 0 Å². The van der Waals surface area contributed by atoms with E-state index in [1.165, 1.54) is 0 Å². The molecule has 39 heavy (non-hydrogen) atoms. The van der Waals surface area contributed by atoms with Crippen molar-refractivity contribution >= 4 is 11.6 Å². The van der Waals surface area contributed by atoms with Gasteiger partial charge in [-0.25, -0.2) is 4.39 Å². The van der Waals surface area contributed by atoms with E-state index in [9.17, 15) is 5.11 Å². The summed E-state index contributed by atoms with van der Waals surface area (Å²) in [5.41, 5.74) is 2.85. The number of nitrogens with one attached hydrogen (secondary N) is 1. The van der Waals surface area contributed by atoms with Crippen molar-refractivity contribution in [3.8, 4) is 28.7 Å². The molecule has 0 aliphatic heterocycles. The number of hydrogen-bond donors (Lipinski definition) is 2. The Kier molecular flexibility index (Phi) is 11.8. The van der Waals surface area contributed by atoms with Crippen LogP contribution in [0.5, 0.6) is 5.75 Å². The number of hydrogen-bond acceptors (Lipinski definition) is 4. The molecular weight excluding hydrogens is 513 g/mol. The van der Waals surface area contributed by atoms with Gasteiger partial charge in [0.2, 0.25) is 0 Å². The van der Waals surface area contributed by atoms with E-state index >= 15 is 4.39 Å². The predicted molar refractivity (Wildman–Crippen MR) is 158 cm³/mol. The minimum Gasteiger partial charge on any atom is -0.488 e. The monoisotopic (exact) mass is 551 g/mol. The van der Waals surface area contributed by atoms with E-state index in [1.54, 1.807) is 33.1 Å². The first-order valence-electron chi connectivity index (χ1n) is 13.5. The van der Waals surface area contributed by atoms with Crippen LogP contribution < -0.4 is 10.1 Å². The van der Waals surface area contributed by atoms with Crippen molar-refractivity contribution in [3.63, 3.8) is 0 Å². The van der Waals surface area contributed by atoms with Crippen LogP contribution >= 0.6 is 11.6 Å². The van der Waals surface area contributed by atoms with Gasteiger partial charge in [0, 0.05) is 47.7 Å². The lowest BCUT2D eigenvalue weighted by Gasteiger charge is -2.22. The lowest BCUT2D eigenvalue weighted by Crippen LogP contribution is -2.29. The van der Waals surface area contributed by atoms with E-state index in [0.717, 1.165) is 17.5 Å². The Hall–Kier alpha value is -2.88. The molecule has 0 aliphatic carbocycles. The number of rotatable bonds is 13. The molecule has 0 spiro atoms. The van der Waals surface area contributed by atoms with Gasteiger partial charge in [0.25, 0.3) is 0 Å². The maximum absolute atomic E-state index is 16.0. The summed E-state index contributed by atoms with van der Waals surface area (Å²) in [4.78, 5) is 0. The smallest absolute Gasteiger partial charge is 0.174 e. The van der Waals surface area contributed by atoms with E-state index in [-0.39, 0.29) is 18.3 Å². The van der Waals surface area contributed by atoms with Crippen molar-refractivity contribution in [1.82, 2.24) is 5.32 Å². The number of unbranched alkanes of at least 4 members (excludes halogenated alkanes) is 1. The Labute approximate surface area is 237 Å². The second-order valence-corrected chi connectivity index (χ2v) is 10.6. The first kappa shape index (κ1) is 30.7. The highest BCUT2D eigenvalue weighted by atomic mass is 35.5. The summed E-state index contributed by atoms with van der Waals surface area (Å²) in [7, 11) is 1.57. The van der Waals surface area contributed by atoms with Gasteiger partial charge in [-0.3, -0.25) is 0 Å². The second-order valence-electron chi connectivity index (χ2n) is 10.2. The number of ether oxygens (including phenoxy) is 2. The summed E-state index contributed by atoms with van der Waals surface area (Å²) in [5.74, 6) is 5.92. The van der Waals surface area contributed by atoms with Gasteiger partial charge in [-0.2, -0.15) is 0 Å². The van der Waals surface area contributed by atoms with Crippen molar-refractivity contribution in [1.29, 1.82) is 0 Å².